The smallest absolute Gasteiger partial charge is 0.410 e. The van der Waals surface area contributed by atoms with Gasteiger partial charge in [0.2, 0.25) is 0 Å². The Kier molecular flexibility index (Phi) is 7.25. The standard InChI is InChI=1S/C30H37FN6O4/c1-28(2,3)40-26(38)33-17-21-15-23-19(16-32-21)7-8-22(34-23)24-13-20(31)14-25(35-24)36-11-12-37(30(18-36)9-10-30)27(39)41-29(4,5)6/h7-8,13-16H,9-12,17-18H2,1-6H3,(H,33,38). The van der Waals surface area contributed by atoms with E-state index in [0.29, 0.717) is 48.1 Å². The lowest BCUT2D eigenvalue weighted by Gasteiger charge is -2.42. The van der Waals surface area contributed by atoms with Gasteiger partial charge in [-0.05, 0) is 72.6 Å². The Hall–Kier alpha value is -4.02. The Morgan fingerprint density at radius 1 is 0.976 bits per heavy atom. The van der Waals surface area contributed by atoms with Crippen LogP contribution in [0.5, 0.6) is 0 Å². The average molecular weight is 565 g/mol. The van der Waals surface area contributed by atoms with Crippen LogP contribution < -0.4 is 10.2 Å². The third kappa shape index (κ3) is 6.83. The number of nitrogens with one attached hydrogen (secondary N) is 1. The fourth-order valence-corrected chi connectivity index (χ4v) is 4.90. The summed E-state index contributed by atoms with van der Waals surface area (Å²) in [7, 11) is 0. The van der Waals surface area contributed by atoms with E-state index in [-0.39, 0.29) is 18.2 Å². The number of amides is 2. The molecule has 5 rings (SSSR count). The van der Waals surface area contributed by atoms with Crippen LogP contribution in [0.2, 0.25) is 0 Å². The summed E-state index contributed by atoms with van der Waals surface area (Å²) >= 11 is 0. The molecule has 3 aromatic rings. The topological polar surface area (TPSA) is 110 Å². The van der Waals surface area contributed by atoms with Crippen LogP contribution in [0.3, 0.4) is 0 Å². The maximum atomic E-state index is 14.9. The number of ether oxygens (including phenoxy) is 2. The minimum Gasteiger partial charge on any atom is -0.444 e. The summed E-state index contributed by atoms with van der Waals surface area (Å²) in [5.74, 6) is 0.0947. The lowest BCUT2D eigenvalue weighted by Crippen LogP contribution is -2.58. The molecule has 2 aliphatic rings. The van der Waals surface area contributed by atoms with Crippen LogP contribution in [0.1, 0.15) is 60.1 Å². The van der Waals surface area contributed by atoms with E-state index in [0.717, 1.165) is 18.2 Å². The van der Waals surface area contributed by atoms with E-state index in [9.17, 15) is 14.0 Å². The molecule has 1 saturated carbocycles. The summed E-state index contributed by atoms with van der Waals surface area (Å²) in [6, 6.07) is 8.22. The molecule has 3 aromatic heterocycles. The molecule has 1 saturated heterocycles. The van der Waals surface area contributed by atoms with Gasteiger partial charge in [0.25, 0.3) is 0 Å². The van der Waals surface area contributed by atoms with E-state index in [1.165, 1.54) is 12.1 Å². The first-order valence-corrected chi connectivity index (χ1v) is 13.9. The number of rotatable bonds is 4. The lowest BCUT2D eigenvalue weighted by atomic mass is 10.1. The Morgan fingerprint density at radius 3 is 2.39 bits per heavy atom. The molecule has 41 heavy (non-hydrogen) atoms. The molecule has 0 aromatic carbocycles. The van der Waals surface area contributed by atoms with Crippen molar-refractivity contribution >= 4 is 28.9 Å². The van der Waals surface area contributed by atoms with Crippen molar-refractivity contribution in [1.29, 1.82) is 0 Å². The summed E-state index contributed by atoms with van der Waals surface area (Å²) in [6.45, 7) is 12.7. The molecule has 0 bridgehead atoms. The van der Waals surface area contributed by atoms with Crippen molar-refractivity contribution in [2.45, 2.75) is 77.7 Å². The molecule has 0 atom stereocenters. The summed E-state index contributed by atoms with van der Waals surface area (Å²) in [6.07, 6.45) is 2.59. The number of fused-ring (bicyclic) bond motifs is 1. The van der Waals surface area contributed by atoms with Gasteiger partial charge in [0.1, 0.15) is 22.8 Å². The summed E-state index contributed by atoms with van der Waals surface area (Å²) in [5, 5.41) is 3.51. The molecule has 2 amide bonds. The number of carbonyl (C=O) groups excluding carboxylic acids is 2. The Bertz CT molecular complexity index is 1480. The summed E-state index contributed by atoms with van der Waals surface area (Å²) < 4.78 is 25.8. The van der Waals surface area contributed by atoms with Gasteiger partial charge in [-0.25, -0.2) is 23.9 Å². The van der Waals surface area contributed by atoms with Crippen molar-refractivity contribution < 1.29 is 23.5 Å². The molecular weight excluding hydrogens is 527 g/mol. The van der Waals surface area contributed by atoms with Crippen LogP contribution >= 0.6 is 0 Å². The van der Waals surface area contributed by atoms with Crippen LogP contribution in [0.4, 0.5) is 19.8 Å². The highest BCUT2D eigenvalue weighted by atomic mass is 19.1. The monoisotopic (exact) mass is 564 g/mol. The first kappa shape index (κ1) is 28.5. The number of piperazine rings is 1. The van der Waals surface area contributed by atoms with Gasteiger partial charge in [-0.2, -0.15) is 0 Å². The molecule has 1 aliphatic carbocycles. The normalized spacial score (nSPS) is 16.6. The number of aromatic nitrogens is 3. The average Bonchev–Trinajstić information content (AvgIpc) is 3.63. The van der Waals surface area contributed by atoms with Crippen LogP contribution in [-0.4, -0.2) is 68.4 Å². The van der Waals surface area contributed by atoms with Gasteiger partial charge in [0.05, 0.1) is 34.7 Å². The molecule has 0 unspecified atom stereocenters. The molecule has 218 valence electrons. The third-order valence-corrected chi connectivity index (χ3v) is 6.90. The second-order valence-electron chi connectivity index (χ2n) is 12.7. The highest BCUT2D eigenvalue weighted by Crippen LogP contribution is 2.45. The lowest BCUT2D eigenvalue weighted by molar-refractivity contribution is 0.0106. The molecule has 1 aliphatic heterocycles. The number of hydrogen-bond acceptors (Lipinski definition) is 8. The van der Waals surface area contributed by atoms with Gasteiger partial charge >= 0.3 is 12.2 Å². The van der Waals surface area contributed by atoms with Crippen molar-refractivity contribution in [2.75, 3.05) is 24.5 Å². The largest absolute Gasteiger partial charge is 0.444 e. The van der Waals surface area contributed by atoms with Gasteiger partial charge in [0.15, 0.2) is 0 Å². The van der Waals surface area contributed by atoms with Crippen molar-refractivity contribution in [3.8, 4) is 11.4 Å². The number of hydrogen-bond donors (Lipinski definition) is 1. The first-order chi connectivity index (χ1) is 19.2. The number of anilines is 1. The minimum atomic E-state index is -0.598. The van der Waals surface area contributed by atoms with Gasteiger partial charge in [-0.15, -0.1) is 0 Å². The zero-order chi connectivity index (χ0) is 29.6. The fourth-order valence-electron chi connectivity index (χ4n) is 4.90. The minimum absolute atomic E-state index is 0.177. The van der Waals surface area contributed by atoms with E-state index in [2.05, 4.69) is 10.3 Å². The van der Waals surface area contributed by atoms with E-state index >= 15 is 0 Å². The number of alkyl carbamates (subject to hydrolysis) is 1. The van der Waals surface area contributed by atoms with Crippen molar-refractivity contribution in [3.05, 3.63) is 48.0 Å². The van der Waals surface area contributed by atoms with Gasteiger partial charge in [0, 0.05) is 43.4 Å². The molecule has 11 heteroatoms. The third-order valence-electron chi connectivity index (χ3n) is 6.90. The van der Waals surface area contributed by atoms with Crippen molar-refractivity contribution in [1.82, 2.24) is 25.2 Å². The Balaban J connectivity index is 1.33. The first-order valence-electron chi connectivity index (χ1n) is 13.9. The van der Waals surface area contributed by atoms with Crippen LogP contribution in [-0.2, 0) is 16.0 Å². The summed E-state index contributed by atoms with van der Waals surface area (Å²) in [4.78, 5) is 42.6. The second kappa shape index (κ2) is 10.4. The van der Waals surface area contributed by atoms with E-state index in [1.807, 2.05) is 36.6 Å². The number of nitrogens with zero attached hydrogens (tertiary/aromatic N) is 5. The number of carbonyl (C=O) groups is 2. The highest BCUT2D eigenvalue weighted by molar-refractivity contribution is 5.81. The number of halogens is 1. The molecule has 1 spiro atoms. The molecule has 2 fully saturated rings. The van der Waals surface area contributed by atoms with Gasteiger partial charge < -0.3 is 19.7 Å². The fraction of sp³-hybridized carbons (Fsp3) is 0.500. The Labute approximate surface area is 239 Å². The number of pyridine rings is 3. The molecular formula is C30H37FN6O4. The van der Waals surface area contributed by atoms with E-state index < -0.39 is 23.1 Å². The predicted octanol–water partition coefficient (Wildman–Crippen LogP) is 5.45. The van der Waals surface area contributed by atoms with Crippen LogP contribution in [0, 0.1) is 5.82 Å². The van der Waals surface area contributed by atoms with Crippen LogP contribution in [0.15, 0.2) is 36.5 Å². The van der Waals surface area contributed by atoms with E-state index in [4.69, 9.17) is 19.4 Å². The van der Waals surface area contributed by atoms with Gasteiger partial charge in [-0.3, -0.25) is 9.88 Å². The predicted molar refractivity (Wildman–Crippen MR) is 153 cm³/mol. The maximum Gasteiger partial charge on any atom is 0.410 e. The van der Waals surface area contributed by atoms with Crippen molar-refractivity contribution in [2.24, 2.45) is 0 Å². The molecule has 4 heterocycles. The highest BCUT2D eigenvalue weighted by Gasteiger charge is 2.54. The zero-order valence-electron chi connectivity index (χ0n) is 24.5. The zero-order valence-corrected chi connectivity index (χ0v) is 24.5. The molecule has 10 nitrogen and oxygen atoms in total. The van der Waals surface area contributed by atoms with Crippen LogP contribution in [0.25, 0.3) is 22.3 Å². The van der Waals surface area contributed by atoms with E-state index in [1.54, 1.807) is 39.1 Å². The quantitative estimate of drug-likeness (QED) is 0.446. The summed E-state index contributed by atoms with van der Waals surface area (Å²) in [5.41, 5.74) is 0.705. The molecule has 1 N–H and O–H groups in total. The van der Waals surface area contributed by atoms with Gasteiger partial charge in [-0.1, -0.05) is 0 Å². The SMILES string of the molecule is CC(C)(C)OC(=O)NCc1cc2nc(-c3cc(F)cc(N4CCN(C(=O)OC(C)(C)C)C5(CC5)C4)n3)ccc2cn1. The molecule has 0 radical (unpaired) electrons. The Morgan fingerprint density at radius 2 is 1.71 bits per heavy atom. The van der Waals surface area contributed by atoms with Crippen molar-refractivity contribution in [3.63, 3.8) is 0 Å². The second-order valence-corrected chi connectivity index (χ2v) is 12.7. The maximum absolute atomic E-state index is 14.9.